The number of nitrogens with zero attached hydrogens (tertiary/aromatic N) is 3. The number of nitrogens with one attached hydrogen (secondary N) is 2. The maximum atomic E-state index is 13.2. The molecule has 2 aromatic carbocycles. The smallest absolute Gasteiger partial charge is 0.257 e. The highest BCUT2D eigenvalue weighted by Gasteiger charge is 2.19. The molecule has 0 unspecified atom stereocenters. The second-order valence-electron chi connectivity index (χ2n) is 9.13. The minimum absolute atomic E-state index is 0.0768. The van der Waals surface area contributed by atoms with Crippen molar-refractivity contribution in [2.75, 3.05) is 37.4 Å². The monoisotopic (exact) mass is 503 g/mol. The second kappa shape index (κ2) is 11.4. The van der Waals surface area contributed by atoms with Crippen molar-refractivity contribution in [2.24, 2.45) is 0 Å². The molecule has 0 radical (unpaired) electrons. The summed E-state index contributed by atoms with van der Waals surface area (Å²) in [6.07, 6.45) is 4.97. The average Bonchev–Trinajstić information content (AvgIpc) is 2.90. The number of aromatic nitrogens is 1. The number of pyridine rings is 1. The van der Waals surface area contributed by atoms with Crippen LogP contribution in [0.25, 0.3) is 0 Å². The molecule has 0 aliphatic carbocycles. The molecule has 186 valence electrons. The van der Waals surface area contributed by atoms with Crippen molar-refractivity contribution in [2.45, 2.75) is 25.7 Å². The summed E-state index contributed by atoms with van der Waals surface area (Å²) in [7, 11) is 3.79. The first-order chi connectivity index (χ1) is 17.3. The molecule has 1 aliphatic rings. The van der Waals surface area contributed by atoms with Crippen molar-refractivity contribution in [3.8, 4) is 0 Å². The third kappa shape index (κ3) is 6.10. The SMILES string of the molecule is CN(C)c1ccc(CC(=O)c2ccc(C(=N)N3CCCCC3)cc2)c(C(=O)Nc2ccc(Cl)cn2)c1. The van der Waals surface area contributed by atoms with Crippen LogP contribution in [0.5, 0.6) is 0 Å². The van der Waals surface area contributed by atoms with E-state index in [9.17, 15) is 9.59 Å². The van der Waals surface area contributed by atoms with Gasteiger partial charge in [-0.05, 0) is 49.1 Å². The predicted molar refractivity (Wildman–Crippen MR) is 145 cm³/mol. The van der Waals surface area contributed by atoms with Crippen LogP contribution in [-0.4, -0.2) is 54.6 Å². The Kier molecular flexibility index (Phi) is 8.00. The largest absolute Gasteiger partial charge is 0.378 e. The summed E-state index contributed by atoms with van der Waals surface area (Å²) in [6, 6.07) is 16.0. The van der Waals surface area contributed by atoms with E-state index in [0.717, 1.165) is 37.2 Å². The highest BCUT2D eigenvalue weighted by atomic mass is 35.5. The summed E-state index contributed by atoms with van der Waals surface area (Å²) >= 11 is 5.90. The van der Waals surface area contributed by atoms with Crippen LogP contribution in [0, 0.1) is 5.41 Å². The minimum Gasteiger partial charge on any atom is -0.378 e. The molecule has 2 heterocycles. The molecule has 1 aromatic heterocycles. The van der Waals surface area contributed by atoms with Gasteiger partial charge in [-0.25, -0.2) is 4.98 Å². The lowest BCUT2D eigenvalue weighted by Gasteiger charge is -2.29. The quantitative estimate of drug-likeness (QED) is 0.260. The molecule has 0 atom stereocenters. The van der Waals surface area contributed by atoms with E-state index in [0.29, 0.717) is 33.4 Å². The number of Topliss-reactive ketones (excluding diaryl/α,β-unsaturated/α-hetero) is 1. The van der Waals surface area contributed by atoms with Crippen LogP contribution < -0.4 is 10.2 Å². The summed E-state index contributed by atoms with van der Waals surface area (Å²) in [5, 5.41) is 11.8. The fourth-order valence-corrected chi connectivity index (χ4v) is 4.34. The lowest BCUT2D eigenvalue weighted by molar-refractivity contribution is 0.0992. The Bertz CT molecular complexity index is 1250. The van der Waals surface area contributed by atoms with Gasteiger partial charge in [-0.1, -0.05) is 41.9 Å². The number of carbonyl (C=O) groups is 2. The van der Waals surface area contributed by atoms with Gasteiger partial charge in [0.05, 0.1) is 5.02 Å². The van der Waals surface area contributed by atoms with E-state index in [1.165, 1.54) is 12.6 Å². The van der Waals surface area contributed by atoms with Crippen LogP contribution in [0.1, 0.15) is 51.1 Å². The molecule has 8 heteroatoms. The lowest BCUT2D eigenvalue weighted by atomic mass is 9.96. The first kappa shape index (κ1) is 25.4. The molecule has 4 rings (SSSR count). The number of rotatable bonds is 7. The summed E-state index contributed by atoms with van der Waals surface area (Å²) < 4.78 is 0. The molecule has 1 fully saturated rings. The fourth-order valence-electron chi connectivity index (χ4n) is 4.23. The summed E-state index contributed by atoms with van der Waals surface area (Å²) in [5.74, 6) is 0.440. The van der Waals surface area contributed by atoms with Gasteiger partial charge in [0.15, 0.2) is 5.78 Å². The van der Waals surface area contributed by atoms with Gasteiger partial charge in [0.2, 0.25) is 0 Å². The number of carbonyl (C=O) groups excluding carboxylic acids is 2. The van der Waals surface area contributed by atoms with Crippen molar-refractivity contribution in [1.82, 2.24) is 9.88 Å². The van der Waals surface area contributed by atoms with Crippen molar-refractivity contribution < 1.29 is 9.59 Å². The van der Waals surface area contributed by atoms with E-state index >= 15 is 0 Å². The number of ketones is 1. The van der Waals surface area contributed by atoms with Crippen molar-refractivity contribution in [1.29, 1.82) is 5.41 Å². The zero-order chi connectivity index (χ0) is 25.7. The van der Waals surface area contributed by atoms with Gasteiger partial charge < -0.3 is 15.1 Å². The van der Waals surface area contributed by atoms with E-state index in [1.54, 1.807) is 30.3 Å². The standard InChI is InChI=1S/C28H30ClN5O2/c1-33(2)23-12-10-21(24(17-23)28(36)32-26-13-11-22(29)18-31-26)16-25(35)19-6-8-20(9-7-19)27(30)34-14-4-3-5-15-34/h6-13,17-18,30H,3-5,14-16H2,1-2H3,(H,31,32,36). The minimum atomic E-state index is -0.346. The number of amides is 1. The van der Waals surface area contributed by atoms with Crippen LogP contribution in [0.3, 0.4) is 0 Å². The van der Waals surface area contributed by atoms with Gasteiger partial charge in [0, 0.05) is 62.2 Å². The fraction of sp³-hybridized carbons (Fsp3) is 0.286. The molecular formula is C28H30ClN5O2. The Morgan fingerprint density at radius 3 is 2.33 bits per heavy atom. The molecule has 2 N–H and O–H groups in total. The molecule has 1 saturated heterocycles. The molecule has 36 heavy (non-hydrogen) atoms. The average molecular weight is 504 g/mol. The molecule has 7 nitrogen and oxygen atoms in total. The van der Waals surface area contributed by atoms with Crippen LogP contribution >= 0.6 is 11.6 Å². The Labute approximate surface area is 216 Å². The number of hydrogen-bond acceptors (Lipinski definition) is 5. The van der Waals surface area contributed by atoms with Crippen LogP contribution in [0.15, 0.2) is 60.8 Å². The third-order valence-electron chi connectivity index (χ3n) is 6.33. The third-order valence-corrected chi connectivity index (χ3v) is 6.55. The Balaban J connectivity index is 1.52. The van der Waals surface area contributed by atoms with E-state index in [1.807, 2.05) is 43.3 Å². The van der Waals surface area contributed by atoms with Crippen LogP contribution in [0.2, 0.25) is 5.02 Å². The highest BCUT2D eigenvalue weighted by molar-refractivity contribution is 6.30. The summed E-state index contributed by atoms with van der Waals surface area (Å²) in [5.41, 5.74) is 3.24. The number of anilines is 2. The number of amidine groups is 1. The van der Waals surface area contributed by atoms with Gasteiger partial charge in [0.1, 0.15) is 11.7 Å². The Morgan fingerprint density at radius 1 is 1.00 bits per heavy atom. The van der Waals surface area contributed by atoms with Gasteiger partial charge in [0.25, 0.3) is 5.91 Å². The van der Waals surface area contributed by atoms with Crippen LogP contribution in [-0.2, 0) is 6.42 Å². The molecule has 1 aliphatic heterocycles. The van der Waals surface area contributed by atoms with E-state index in [-0.39, 0.29) is 18.1 Å². The maximum absolute atomic E-state index is 13.2. The number of benzene rings is 2. The van der Waals surface area contributed by atoms with Gasteiger partial charge >= 0.3 is 0 Å². The predicted octanol–water partition coefficient (Wildman–Crippen LogP) is 5.29. The zero-order valence-electron chi connectivity index (χ0n) is 20.6. The van der Waals surface area contributed by atoms with E-state index < -0.39 is 0 Å². The van der Waals surface area contributed by atoms with E-state index in [2.05, 4.69) is 15.2 Å². The number of piperidine rings is 1. The number of likely N-dealkylation sites (tertiary alicyclic amines) is 1. The Hall–Kier alpha value is -3.71. The van der Waals surface area contributed by atoms with Gasteiger partial charge in [-0.3, -0.25) is 15.0 Å². The molecule has 0 bridgehead atoms. The van der Waals surface area contributed by atoms with Crippen molar-refractivity contribution in [3.63, 3.8) is 0 Å². The Morgan fingerprint density at radius 2 is 1.69 bits per heavy atom. The topological polar surface area (TPSA) is 89.4 Å². The van der Waals surface area contributed by atoms with Crippen molar-refractivity contribution in [3.05, 3.63) is 88.1 Å². The first-order valence-corrected chi connectivity index (χ1v) is 12.4. The first-order valence-electron chi connectivity index (χ1n) is 12.0. The lowest BCUT2D eigenvalue weighted by Crippen LogP contribution is -2.35. The summed E-state index contributed by atoms with van der Waals surface area (Å²) in [6.45, 7) is 1.80. The zero-order valence-corrected chi connectivity index (χ0v) is 21.3. The van der Waals surface area contributed by atoms with Gasteiger partial charge in [-0.2, -0.15) is 0 Å². The van der Waals surface area contributed by atoms with Crippen LogP contribution in [0.4, 0.5) is 11.5 Å². The highest BCUT2D eigenvalue weighted by Crippen LogP contribution is 2.22. The molecular weight excluding hydrogens is 474 g/mol. The van der Waals surface area contributed by atoms with Gasteiger partial charge in [-0.15, -0.1) is 0 Å². The molecule has 3 aromatic rings. The maximum Gasteiger partial charge on any atom is 0.257 e. The second-order valence-corrected chi connectivity index (χ2v) is 9.56. The summed E-state index contributed by atoms with van der Waals surface area (Å²) in [4.78, 5) is 34.4. The van der Waals surface area contributed by atoms with E-state index in [4.69, 9.17) is 17.0 Å². The van der Waals surface area contributed by atoms with Crippen molar-refractivity contribution >= 4 is 40.6 Å². The molecule has 0 saturated carbocycles. The number of halogens is 1. The normalized spacial score (nSPS) is 13.2. The molecule has 1 amide bonds. The number of hydrogen-bond donors (Lipinski definition) is 2. The molecule has 0 spiro atoms.